The summed E-state index contributed by atoms with van der Waals surface area (Å²) in [5.74, 6) is -0.0695. The van der Waals surface area contributed by atoms with E-state index in [-0.39, 0.29) is 11.9 Å². The van der Waals surface area contributed by atoms with Gasteiger partial charge in [0.05, 0.1) is 18.7 Å². The van der Waals surface area contributed by atoms with Gasteiger partial charge < -0.3 is 15.4 Å². The Balaban J connectivity index is 3.50. The molecule has 1 atom stereocenters. The maximum absolute atomic E-state index is 11.3. The van der Waals surface area contributed by atoms with Crippen molar-refractivity contribution in [2.24, 2.45) is 0 Å². The molecule has 1 amide bonds. The molecule has 80 valence electrons. The summed E-state index contributed by atoms with van der Waals surface area (Å²) in [6.45, 7) is 3.32. The quantitative estimate of drug-likeness (QED) is 0.549. The van der Waals surface area contributed by atoms with Gasteiger partial charge in [0, 0.05) is 26.6 Å². The second-order valence-corrected chi connectivity index (χ2v) is 2.87. The van der Waals surface area contributed by atoms with Crippen LogP contribution in [0.5, 0.6) is 0 Å². The number of ether oxygens (including phenoxy) is 1. The van der Waals surface area contributed by atoms with E-state index in [1.165, 1.54) is 0 Å². The Labute approximate surface area is 84.4 Å². The van der Waals surface area contributed by atoms with Crippen LogP contribution in [0.4, 0.5) is 0 Å². The van der Waals surface area contributed by atoms with Crippen LogP contribution >= 0.6 is 0 Å². The number of carbonyl (C=O) groups is 1. The fourth-order valence-electron chi connectivity index (χ4n) is 0.867. The van der Waals surface area contributed by atoms with Gasteiger partial charge >= 0.3 is 0 Å². The average Bonchev–Trinajstić information content (AvgIpc) is 2.18. The van der Waals surface area contributed by atoms with Crippen molar-refractivity contribution >= 4 is 5.91 Å². The summed E-state index contributed by atoms with van der Waals surface area (Å²) in [6.07, 6.45) is 0.412. The maximum atomic E-state index is 11.3. The van der Waals surface area contributed by atoms with Gasteiger partial charge in [-0.25, -0.2) is 0 Å². The molecule has 0 aromatic carbocycles. The minimum Gasteiger partial charge on any atom is -0.383 e. The van der Waals surface area contributed by atoms with E-state index in [1.807, 2.05) is 6.07 Å². The lowest BCUT2D eigenvalue weighted by molar-refractivity contribution is -0.122. The standard InChI is InChI=1S/C9H17N3O2/c1-8(11-5-3-4-10)9(13)12-6-7-14-2/h8,11H,3,5-7H2,1-2H3,(H,12,13). The van der Waals surface area contributed by atoms with Crippen LogP contribution in [-0.4, -0.2) is 38.8 Å². The zero-order chi connectivity index (χ0) is 10.8. The molecule has 0 aliphatic rings. The smallest absolute Gasteiger partial charge is 0.236 e. The molecule has 0 aliphatic heterocycles. The predicted molar refractivity (Wildman–Crippen MR) is 52.6 cm³/mol. The normalized spacial score (nSPS) is 11.8. The molecule has 2 N–H and O–H groups in total. The first-order chi connectivity index (χ1) is 6.72. The van der Waals surface area contributed by atoms with Crippen molar-refractivity contribution in [3.8, 4) is 6.07 Å². The van der Waals surface area contributed by atoms with E-state index in [9.17, 15) is 4.79 Å². The number of hydrogen-bond donors (Lipinski definition) is 2. The summed E-state index contributed by atoms with van der Waals surface area (Å²) >= 11 is 0. The van der Waals surface area contributed by atoms with E-state index in [4.69, 9.17) is 10.00 Å². The highest BCUT2D eigenvalue weighted by Crippen LogP contribution is 1.82. The molecule has 0 spiro atoms. The molecule has 0 aromatic rings. The van der Waals surface area contributed by atoms with Gasteiger partial charge in [0.2, 0.25) is 5.91 Å². The van der Waals surface area contributed by atoms with Crippen LogP contribution in [0.2, 0.25) is 0 Å². The van der Waals surface area contributed by atoms with Crippen molar-refractivity contribution in [1.29, 1.82) is 5.26 Å². The van der Waals surface area contributed by atoms with E-state index >= 15 is 0 Å². The molecule has 14 heavy (non-hydrogen) atoms. The van der Waals surface area contributed by atoms with Gasteiger partial charge in [-0.1, -0.05) is 0 Å². The van der Waals surface area contributed by atoms with Crippen LogP contribution in [0.3, 0.4) is 0 Å². The summed E-state index contributed by atoms with van der Waals surface area (Å²) in [5.41, 5.74) is 0. The van der Waals surface area contributed by atoms with Crippen LogP contribution in [0.1, 0.15) is 13.3 Å². The number of methoxy groups -OCH3 is 1. The highest BCUT2D eigenvalue weighted by molar-refractivity contribution is 5.81. The topological polar surface area (TPSA) is 74.2 Å². The van der Waals surface area contributed by atoms with Gasteiger partial charge in [-0.2, -0.15) is 5.26 Å². The van der Waals surface area contributed by atoms with Gasteiger partial charge in [0.15, 0.2) is 0 Å². The number of carbonyl (C=O) groups excluding carboxylic acids is 1. The fourth-order valence-corrected chi connectivity index (χ4v) is 0.867. The second kappa shape index (κ2) is 8.48. The number of nitrogens with zero attached hydrogens (tertiary/aromatic N) is 1. The molecular weight excluding hydrogens is 182 g/mol. The summed E-state index contributed by atoms with van der Waals surface area (Å²) in [4.78, 5) is 11.3. The maximum Gasteiger partial charge on any atom is 0.236 e. The predicted octanol–water partition coefficient (Wildman–Crippen LogP) is -0.359. The lowest BCUT2D eigenvalue weighted by atomic mass is 10.3. The highest BCUT2D eigenvalue weighted by atomic mass is 16.5. The monoisotopic (exact) mass is 199 g/mol. The number of hydrogen-bond acceptors (Lipinski definition) is 4. The molecule has 0 aliphatic carbocycles. The Hall–Kier alpha value is -1.12. The van der Waals surface area contributed by atoms with E-state index in [2.05, 4.69) is 10.6 Å². The zero-order valence-corrected chi connectivity index (χ0v) is 8.67. The Morgan fingerprint density at radius 2 is 2.29 bits per heavy atom. The number of amides is 1. The Bertz CT molecular complexity index is 201. The van der Waals surface area contributed by atoms with Gasteiger partial charge in [-0.15, -0.1) is 0 Å². The van der Waals surface area contributed by atoms with Crippen molar-refractivity contribution in [1.82, 2.24) is 10.6 Å². The summed E-state index contributed by atoms with van der Waals surface area (Å²) < 4.78 is 4.79. The Morgan fingerprint density at radius 3 is 2.86 bits per heavy atom. The summed E-state index contributed by atoms with van der Waals surface area (Å²) in [5, 5.41) is 13.9. The molecule has 0 radical (unpaired) electrons. The number of rotatable bonds is 7. The molecule has 1 unspecified atom stereocenters. The van der Waals surface area contributed by atoms with Crippen LogP contribution in [-0.2, 0) is 9.53 Å². The van der Waals surface area contributed by atoms with Gasteiger partial charge in [0.1, 0.15) is 0 Å². The second-order valence-electron chi connectivity index (χ2n) is 2.87. The number of nitrogens with one attached hydrogen (secondary N) is 2. The van der Waals surface area contributed by atoms with Crippen molar-refractivity contribution in [3.05, 3.63) is 0 Å². The first kappa shape index (κ1) is 12.9. The van der Waals surface area contributed by atoms with E-state index in [0.717, 1.165) is 0 Å². The minimum atomic E-state index is -0.264. The fraction of sp³-hybridized carbons (Fsp3) is 0.778. The van der Waals surface area contributed by atoms with Gasteiger partial charge in [-0.05, 0) is 6.92 Å². The van der Waals surface area contributed by atoms with Gasteiger partial charge in [0.25, 0.3) is 0 Å². The van der Waals surface area contributed by atoms with Gasteiger partial charge in [-0.3, -0.25) is 4.79 Å². The van der Waals surface area contributed by atoms with Crippen molar-refractivity contribution in [3.63, 3.8) is 0 Å². The summed E-state index contributed by atoms with van der Waals surface area (Å²) in [6, 6.07) is 1.74. The first-order valence-electron chi connectivity index (χ1n) is 4.59. The SMILES string of the molecule is COCCNC(=O)C(C)NCCC#N. The largest absolute Gasteiger partial charge is 0.383 e. The number of nitriles is 1. The van der Waals surface area contributed by atoms with Crippen LogP contribution in [0, 0.1) is 11.3 Å². The Kier molecular flexibility index (Phi) is 7.80. The molecule has 0 saturated carbocycles. The molecule has 0 rings (SSSR count). The average molecular weight is 199 g/mol. The van der Waals surface area contributed by atoms with Crippen LogP contribution < -0.4 is 10.6 Å². The lowest BCUT2D eigenvalue weighted by Crippen LogP contribution is -2.43. The first-order valence-corrected chi connectivity index (χ1v) is 4.59. The van der Waals surface area contributed by atoms with Crippen molar-refractivity contribution < 1.29 is 9.53 Å². The molecule has 0 saturated heterocycles. The molecular formula is C9H17N3O2. The van der Waals surface area contributed by atoms with Crippen LogP contribution in [0.25, 0.3) is 0 Å². The molecule has 0 fully saturated rings. The highest BCUT2D eigenvalue weighted by Gasteiger charge is 2.10. The van der Waals surface area contributed by atoms with E-state index < -0.39 is 0 Å². The summed E-state index contributed by atoms with van der Waals surface area (Å²) in [7, 11) is 1.58. The lowest BCUT2D eigenvalue weighted by Gasteiger charge is -2.12. The molecule has 0 heterocycles. The van der Waals surface area contributed by atoms with Crippen molar-refractivity contribution in [2.45, 2.75) is 19.4 Å². The van der Waals surface area contributed by atoms with Crippen molar-refractivity contribution in [2.75, 3.05) is 26.8 Å². The zero-order valence-electron chi connectivity index (χ0n) is 8.67. The molecule has 0 aromatic heterocycles. The van der Waals surface area contributed by atoms with E-state index in [0.29, 0.717) is 26.1 Å². The Morgan fingerprint density at radius 1 is 1.57 bits per heavy atom. The third-order valence-electron chi connectivity index (χ3n) is 1.69. The molecule has 5 heteroatoms. The third-order valence-corrected chi connectivity index (χ3v) is 1.69. The molecule has 5 nitrogen and oxygen atoms in total. The van der Waals surface area contributed by atoms with Crippen LogP contribution in [0.15, 0.2) is 0 Å². The molecule has 0 bridgehead atoms. The minimum absolute atomic E-state index is 0.0695. The third kappa shape index (κ3) is 6.40. The van der Waals surface area contributed by atoms with E-state index in [1.54, 1.807) is 14.0 Å².